The van der Waals surface area contributed by atoms with Crippen molar-refractivity contribution in [1.29, 1.82) is 0 Å². The first-order valence-electron chi connectivity index (χ1n) is 4.44. The van der Waals surface area contributed by atoms with Crippen LogP contribution >= 0.6 is 0 Å². The highest BCUT2D eigenvalue weighted by Crippen LogP contribution is 2.06. The predicted molar refractivity (Wildman–Crippen MR) is 53.2 cm³/mol. The number of hydrogen-bond donors (Lipinski definition) is 2. The van der Waals surface area contributed by atoms with Gasteiger partial charge in [0.1, 0.15) is 0 Å². The molecule has 0 aliphatic rings. The first-order chi connectivity index (χ1) is 7.00. The van der Waals surface area contributed by atoms with Gasteiger partial charge in [0.25, 0.3) is 0 Å². The molecule has 5 nitrogen and oxygen atoms in total. The minimum atomic E-state index is -1.48. The van der Waals surface area contributed by atoms with Gasteiger partial charge < -0.3 is 10.4 Å². The van der Waals surface area contributed by atoms with Crippen LogP contribution in [0.1, 0.15) is 16.8 Å². The first kappa shape index (κ1) is 11.2. The van der Waals surface area contributed by atoms with Gasteiger partial charge in [0, 0.05) is 18.4 Å². The molecule has 0 radical (unpaired) electrons. The molecule has 1 heterocycles. The van der Waals surface area contributed by atoms with Gasteiger partial charge in [0.05, 0.1) is 0 Å². The number of nitrogens with one attached hydrogen (secondary N) is 1. The van der Waals surface area contributed by atoms with E-state index in [-0.39, 0.29) is 6.54 Å². The van der Waals surface area contributed by atoms with E-state index in [1.165, 1.54) is 0 Å². The Labute approximate surface area is 87.1 Å². The number of carboxylic acid groups (broad SMARTS) is 1. The average molecular weight is 208 g/mol. The summed E-state index contributed by atoms with van der Waals surface area (Å²) in [7, 11) is 0. The van der Waals surface area contributed by atoms with Gasteiger partial charge in [-0.3, -0.25) is 9.78 Å². The lowest BCUT2D eigenvalue weighted by atomic mass is 10.1. The van der Waals surface area contributed by atoms with Crippen molar-refractivity contribution in [3.05, 3.63) is 29.1 Å². The van der Waals surface area contributed by atoms with E-state index >= 15 is 0 Å². The fourth-order valence-corrected chi connectivity index (χ4v) is 1.16. The summed E-state index contributed by atoms with van der Waals surface area (Å²) in [6.07, 6.45) is 1.63. The molecule has 0 bridgehead atoms. The van der Waals surface area contributed by atoms with Crippen LogP contribution in [0.15, 0.2) is 12.3 Å². The highest BCUT2D eigenvalue weighted by atomic mass is 16.4. The number of rotatable bonds is 2. The number of aryl methyl sites for hydroxylation is 2. The maximum atomic E-state index is 10.8. The zero-order chi connectivity index (χ0) is 11.4. The van der Waals surface area contributed by atoms with Crippen LogP contribution in [0.3, 0.4) is 0 Å². The molecule has 0 fully saturated rings. The molecule has 0 aliphatic heterocycles. The standard InChI is InChI=1S/C10H12N2O3/c1-6-3-7(2)11-4-8(6)5-12-9(13)10(14)15/h3-4H,5H2,1-2H3,(H,12,13)(H,14,15). The fraction of sp³-hybridized carbons (Fsp3) is 0.300. The molecule has 0 atom stereocenters. The van der Waals surface area contributed by atoms with Crippen LogP contribution in [0.4, 0.5) is 0 Å². The summed E-state index contributed by atoms with van der Waals surface area (Å²) in [5.74, 6) is -2.48. The summed E-state index contributed by atoms with van der Waals surface area (Å²) >= 11 is 0. The lowest BCUT2D eigenvalue weighted by Gasteiger charge is -2.06. The van der Waals surface area contributed by atoms with Crippen LogP contribution in [0, 0.1) is 13.8 Å². The molecule has 0 saturated heterocycles. The lowest BCUT2D eigenvalue weighted by molar-refractivity contribution is -0.150. The molecule has 80 valence electrons. The molecule has 15 heavy (non-hydrogen) atoms. The monoisotopic (exact) mass is 208 g/mol. The van der Waals surface area contributed by atoms with E-state index in [1.54, 1.807) is 6.20 Å². The maximum absolute atomic E-state index is 10.8. The second-order valence-corrected chi connectivity index (χ2v) is 3.24. The van der Waals surface area contributed by atoms with Crippen LogP contribution in [-0.2, 0) is 16.1 Å². The Morgan fingerprint density at radius 3 is 2.67 bits per heavy atom. The smallest absolute Gasteiger partial charge is 0.394 e. The molecular formula is C10H12N2O3. The molecule has 0 aromatic carbocycles. The quantitative estimate of drug-likeness (QED) is 0.689. The van der Waals surface area contributed by atoms with Crippen LogP contribution in [0.2, 0.25) is 0 Å². The molecule has 1 rings (SSSR count). The Morgan fingerprint density at radius 2 is 2.13 bits per heavy atom. The van der Waals surface area contributed by atoms with Crippen molar-refractivity contribution >= 4 is 11.9 Å². The summed E-state index contributed by atoms with van der Waals surface area (Å²) in [5.41, 5.74) is 2.68. The van der Waals surface area contributed by atoms with E-state index < -0.39 is 11.9 Å². The normalized spacial score (nSPS) is 9.73. The summed E-state index contributed by atoms with van der Waals surface area (Å²) in [5, 5.41) is 10.6. The van der Waals surface area contributed by atoms with E-state index in [4.69, 9.17) is 5.11 Å². The van der Waals surface area contributed by atoms with E-state index in [1.807, 2.05) is 19.9 Å². The molecular weight excluding hydrogens is 196 g/mol. The van der Waals surface area contributed by atoms with Gasteiger partial charge in [-0.15, -0.1) is 0 Å². The zero-order valence-electron chi connectivity index (χ0n) is 8.57. The van der Waals surface area contributed by atoms with Gasteiger partial charge in [0.15, 0.2) is 0 Å². The van der Waals surface area contributed by atoms with E-state index in [2.05, 4.69) is 10.3 Å². The van der Waals surface area contributed by atoms with Gasteiger partial charge in [-0.05, 0) is 31.0 Å². The molecule has 5 heteroatoms. The summed E-state index contributed by atoms with van der Waals surface area (Å²) < 4.78 is 0. The number of nitrogens with zero attached hydrogens (tertiary/aromatic N) is 1. The van der Waals surface area contributed by atoms with Crippen molar-refractivity contribution in [2.75, 3.05) is 0 Å². The Bertz CT molecular complexity index is 402. The number of aliphatic carboxylic acids is 1. The topological polar surface area (TPSA) is 79.3 Å². The number of pyridine rings is 1. The van der Waals surface area contributed by atoms with Gasteiger partial charge in [-0.25, -0.2) is 4.79 Å². The number of carbonyl (C=O) groups is 2. The maximum Gasteiger partial charge on any atom is 0.394 e. The Morgan fingerprint density at radius 1 is 1.47 bits per heavy atom. The highest BCUT2D eigenvalue weighted by molar-refractivity contribution is 6.31. The number of hydrogen-bond acceptors (Lipinski definition) is 3. The lowest BCUT2D eigenvalue weighted by Crippen LogP contribution is -2.30. The van der Waals surface area contributed by atoms with Gasteiger partial charge >= 0.3 is 11.9 Å². The van der Waals surface area contributed by atoms with Crippen LogP contribution in [-0.4, -0.2) is 22.0 Å². The van der Waals surface area contributed by atoms with Gasteiger partial charge in [-0.1, -0.05) is 0 Å². The minimum absolute atomic E-state index is 0.185. The third kappa shape index (κ3) is 3.05. The van der Waals surface area contributed by atoms with Gasteiger partial charge in [0.2, 0.25) is 0 Å². The van der Waals surface area contributed by atoms with Crippen LogP contribution < -0.4 is 5.32 Å². The second kappa shape index (κ2) is 4.54. The average Bonchev–Trinajstić information content (AvgIpc) is 2.15. The zero-order valence-corrected chi connectivity index (χ0v) is 8.57. The van der Waals surface area contributed by atoms with Crippen molar-refractivity contribution in [3.8, 4) is 0 Å². The van der Waals surface area contributed by atoms with Crippen LogP contribution in [0.5, 0.6) is 0 Å². The number of aromatic nitrogens is 1. The molecule has 0 saturated carbocycles. The molecule has 1 aromatic heterocycles. The van der Waals surface area contributed by atoms with E-state index in [9.17, 15) is 9.59 Å². The molecule has 0 spiro atoms. The van der Waals surface area contributed by atoms with Crippen molar-refractivity contribution < 1.29 is 14.7 Å². The molecule has 0 unspecified atom stereocenters. The Hall–Kier alpha value is -1.91. The summed E-state index contributed by atoms with van der Waals surface area (Å²) in [4.78, 5) is 25.1. The first-order valence-corrected chi connectivity index (χ1v) is 4.44. The van der Waals surface area contributed by atoms with Gasteiger partial charge in [-0.2, -0.15) is 0 Å². The fourth-order valence-electron chi connectivity index (χ4n) is 1.16. The SMILES string of the molecule is Cc1cc(C)c(CNC(=O)C(=O)O)cn1. The molecule has 2 N–H and O–H groups in total. The van der Waals surface area contributed by atoms with Crippen LogP contribution in [0.25, 0.3) is 0 Å². The van der Waals surface area contributed by atoms with E-state index in [0.717, 1.165) is 16.8 Å². The predicted octanol–water partition coefficient (Wildman–Crippen LogP) is 0.399. The third-order valence-electron chi connectivity index (χ3n) is 1.99. The third-order valence-corrected chi connectivity index (χ3v) is 1.99. The Balaban J connectivity index is 2.66. The summed E-state index contributed by atoms with van der Waals surface area (Å²) in [6.45, 7) is 3.94. The minimum Gasteiger partial charge on any atom is -0.474 e. The number of carboxylic acids is 1. The summed E-state index contributed by atoms with van der Waals surface area (Å²) in [6, 6.07) is 1.88. The van der Waals surface area contributed by atoms with Crippen molar-refractivity contribution in [2.45, 2.75) is 20.4 Å². The van der Waals surface area contributed by atoms with Crippen molar-refractivity contribution in [2.24, 2.45) is 0 Å². The molecule has 1 aromatic rings. The molecule has 1 amide bonds. The number of amides is 1. The highest BCUT2D eigenvalue weighted by Gasteiger charge is 2.10. The molecule has 0 aliphatic carbocycles. The van der Waals surface area contributed by atoms with Crippen molar-refractivity contribution in [1.82, 2.24) is 10.3 Å². The van der Waals surface area contributed by atoms with Crippen molar-refractivity contribution in [3.63, 3.8) is 0 Å². The number of carbonyl (C=O) groups excluding carboxylic acids is 1. The second-order valence-electron chi connectivity index (χ2n) is 3.24. The van der Waals surface area contributed by atoms with E-state index in [0.29, 0.717) is 0 Å². The Kier molecular flexibility index (Phi) is 3.38. The largest absolute Gasteiger partial charge is 0.474 e.